The summed E-state index contributed by atoms with van der Waals surface area (Å²) < 4.78 is 6.98. The monoisotopic (exact) mass is 390 g/mol. The molecule has 3 aromatic rings. The summed E-state index contributed by atoms with van der Waals surface area (Å²) in [6, 6.07) is 14.0. The van der Waals surface area contributed by atoms with E-state index in [1.54, 1.807) is 48.5 Å². The number of nitrogens with one attached hydrogen (secondary N) is 2. The minimum absolute atomic E-state index is 0.152. The lowest BCUT2D eigenvalue weighted by molar-refractivity contribution is -0.114. The van der Waals surface area contributed by atoms with Crippen LogP contribution < -0.4 is 15.4 Å². The molecular weight excluding hydrogens is 372 g/mol. The molecule has 29 heavy (non-hydrogen) atoms. The van der Waals surface area contributed by atoms with Crippen LogP contribution in [0.1, 0.15) is 17.3 Å². The zero-order valence-electron chi connectivity index (χ0n) is 15.6. The lowest BCUT2D eigenvalue weighted by Crippen LogP contribution is -2.23. The Morgan fingerprint density at radius 2 is 2.00 bits per heavy atom. The number of rotatable bonds is 6. The van der Waals surface area contributed by atoms with Crippen molar-refractivity contribution in [3.63, 3.8) is 0 Å². The molecule has 2 N–H and O–H groups in total. The molecule has 0 bridgehead atoms. The smallest absolute Gasteiger partial charge is 0.252 e. The number of hydrogen-bond acceptors (Lipinski definition) is 6. The van der Waals surface area contributed by atoms with Gasteiger partial charge in [-0.15, -0.1) is 5.10 Å². The van der Waals surface area contributed by atoms with Crippen molar-refractivity contribution in [1.82, 2.24) is 25.5 Å². The minimum atomic E-state index is -0.252. The van der Waals surface area contributed by atoms with E-state index in [1.807, 2.05) is 0 Å². The van der Waals surface area contributed by atoms with Gasteiger partial charge >= 0.3 is 0 Å². The summed E-state index contributed by atoms with van der Waals surface area (Å²) in [6.07, 6.45) is 1.45. The zero-order valence-corrected chi connectivity index (χ0v) is 15.6. The number of carbonyl (C=O) groups excluding carboxylic acids is 2. The Morgan fingerprint density at radius 3 is 2.79 bits per heavy atom. The number of carbonyl (C=O) groups is 2. The van der Waals surface area contributed by atoms with Crippen molar-refractivity contribution in [2.75, 3.05) is 18.5 Å². The highest BCUT2D eigenvalue weighted by Crippen LogP contribution is 2.17. The topological polar surface area (TPSA) is 111 Å². The second kappa shape index (κ2) is 9.66. The summed E-state index contributed by atoms with van der Waals surface area (Å²) in [6.45, 7) is 1.78. The summed E-state index contributed by atoms with van der Waals surface area (Å²) in [5.41, 5.74) is 1.81. The average molecular weight is 390 g/mol. The number of anilines is 1. The highest BCUT2D eigenvalue weighted by Gasteiger charge is 2.06. The van der Waals surface area contributed by atoms with E-state index < -0.39 is 0 Å². The van der Waals surface area contributed by atoms with Crippen molar-refractivity contribution in [3.05, 3.63) is 60.4 Å². The van der Waals surface area contributed by atoms with Gasteiger partial charge in [-0.3, -0.25) is 9.59 Å². The molecule has 2 aromatic carbocycles. The van der Waals surface area contributed by atoms with Gasteiger partial charge in [-0.25, -0.2) is 4.68 Å². The number of tetrazole rings is 1. The maximum Gasteiger partial charge on any atom is 0.252 e. The Labute approximate surface area is 167 Å². The zero-order chi connectivity index (χ0) is 20.5. The fourth-order valence-electron chi connectivity index (χ4n) is 2.40. The van der Waals surface area contributed by atoms with Crippen LogP contribution in [0.15, 0.2) is 54.9 Å². The molecule has 2 amide bonds. The minimum Gasteiger partial charge on any atom is -0.481 e. The van der Waals surface area contributed by atoms with E-state index in [9.17, 15) is 9.59 Å². The molecule has 0 saturated carbocycles. The fraction of sp³-hybridized carbons (Fsp3) is 0.150. The van der Waals surface area contributed by atoms with Gasteiger partial charge in [0, 0.05) is 24.2 Å². The highest BCUT2D eigenvalue weighted by atomic mass is 16.5. The summed E-state index contributed by atoms with van der Waals surface area (Å²) in [5, 5.41) is 16.3. The molecule has 1 heterocycles. The molecule has 1 aromatic heterocycles. The molecule has 0 aliphatic heterocycles. The first-order valence-electron chi connectivity index (χ1n) is 8.69. The Kier molecular flexibility index (Phi) is 6.52. The van der Waals surface area contributed by atoms with Gasteiger partial charge in [-0.2, -0.15) is 0 Å². The quantitative estimate of drug-likeness (QED) is 0.616. The van der Waals surface area contributed by atoms with Crippen LogP contribution in [0.3, 0.4) is 0 Å². The lowest BCUT2D eigenvalue weighted by atomic mass is 10.2. The SMILES string of the molecule is CC(=O)Nc1cccc(OCC#CCNC(=O)c2cccc(-n3cnnn3)c2)c1. The second-order valence-electron chi connectivity index (χ2n) is 5.84. The number of amides is 2. The van der Waals surface area contributed by atoms with E-state index in [-0.39, 0.29) is 25.0 Å². The van der Waals surface area contributed by atoms with E-state index in [2.05, 4.69) is 38.0 Å². The molecule has 0 aliphatic rings. The standard InChI is InChI=1S/C20H18N6O3/c1-15(27)23-17-7-5-9-19(13-17)29-11-3-2-10-21-20(28)16-6-4-8-18(12-16)26-14-22-24-25-26/h4-9,12-14H,10-11H2,1H3,(H,21,28)(H,23,27). The average Bonchev–Trinajstić information content (AvgIpc) is 3.25. The van der Waals surface area contributed by atoms with Gasteiger partial charge in [0.15, 0.2) is 0 Å². The van der Waals surface area contributed by atoms with Crippen molar-refractivity contribution < 1.29 is 14.3 Å². The number of nitrogens with zero attached hydrogens (tertiary/aromatic N) is 4. The van der Waals surface area contributed by atoms with Crippen LogP contribution in [-0.2, 0) is 4.79 Å². The van der Waals surface area contributed by atoms with Crippen LogP contribution in [0.5, 0.6) is 5.75 Å². The third-order valence-corrected chi connectivity index (χ3v) is 3.65. The van der Waals surface area contributed by atoms with Gasteiger partial charge < -0.3 is 15.4 Å². The van der Waals surface area contributed by atoms with Crippen molar-refractivity contribution in [2.24, 2.45) is 0 Å². The van der Waals surface area contributed by atoms with Crippen LogP contribution in [0.4, 0.5) is 5.69 Å². The Morgan fingerprint density at radius 1 is 1.14 bits per heavy atom. The summed E-state index contributed by atoms with van der Waals surface area (Å²) in [5.74, 6) is 5.85. The number of benzene rings is 2. The van der Waals surface area contributed by atoms with E-state index in [0.717, 1.165) is 0 Å². The molecule has 146 valence electrons. The second-order valence-corrected chi connectivity index (χ2v) is 5.84. The van der Waals surface area contributed by atoms with Crippen LogP contribution >= 0.6 is 0 Å². The lowest BCUT2D eigenvalue weighted by Gasteiger charge is -2.05. The normalized spacial score (nSPS) is 9.83. The first-order valence-corrected chi connectivity index (χ1v) is 8.69. The predicted octanol–water partition coefficient (Wildman–Crippen LogP) is 1.43. The molecule has 9 nitrogen and oxygen atoms in total. The molecule has 3 rings (SSSR count). The summed E-state index contributed by atoms with van der Waals surface area (Å²) in [7, 11) is 0. The van der Waals surface area contributed by atoms with Crippen LogP contribution in [0.25, 0.3) is 5.69 Å². The molecule has 0 unspecified atom stereocenters. The Bertz CT molecular complexity index is 1050. The first kappa shape index (κ1) is 19.6. The molecule has 0 fully saturated rings. The number of ether oxygens (including phenoxy) is 1. The Hall–Kier alpha value is -4.19. The molecule has 9 heteroatoms. The van der Waals surface area contributed by atoms with Crippen molar-refractivity contribution in [3.8, 4) is 23.3 Å². The largest absolute Gasteiger partial charge is 0.481 e. The third kappa shape index (κ3) is 5.90. The summed E-state index contributed by atoms with van der Waals surface area (Å²) >= 11 is 0. The Balaban J connectivity index is 1.46. The predicted molar refractivity (Wildman–Crippen MR) is 106 cm³/mol. The summed E-state index contributed by atoms with van der Waals surface area (Å²) in [4.78, 5) is 23.3. The molecule has 0 atom stereocenters. The van der Waals surface area contributed by atoms with Gasteiger partial charge in [0.25, 0.3) is 5.91 Å². The maximum atomic E-state index is 12.2. The fourth-order valence-corrected chi connectivity index (χ4v) is 2.40. The molecule has 0 spiro atoms. The van der Waals surface area contributed by atoms with E-state index in [1.165, 1.54) is 17.9 Å². The van der Waals surface area contributed by atoms with Crippen LogP contribution in [0, 0.1) is 11.8 Å². The van der Waals surface area contributed by atoms with Gasteiger partial charge in [0.05, 0.1) is 12.2 Å². The highest BCUT2D eigenvalue weighted by molar-refractivity contribution is 5.94. The van der Waals surface area contributed by atoms with Crippen LogP contribution in [-0.4, -0.2) is 45.2 Å². The molecule has 0 aliphatic carbocycles. The van der Waals surface area contributed by atoms with E-state index in [4.69, 9.17) is 4.74 Å². The van der Waals surface area contributed by atoms with Crippen molar-refractivity contribution in [2.45, 2.75) is 6.92 Å². The molecular formula is C20H18N6O3. The first-order chi connectivity index (χ1) is 14.1. The number of hydrogen-bond donors (Lipinski definition) is 2. The molecule has 0 radical (unpaired) electrons. The van der Waals surface area contributed by atoms with Crippen molar-refractivity contribution in [1.29, 1.82) is 0 Å². The van der Waals surface area contributed by atoms with E-state index >= 15 is 0 Å². The van der Waals surface area contributed by atoms with Crippen molar-refractivity contribution >= 4 is 17.5 Å². The molecule has 0 saturated heterocycles. The van der Waals surface area contributed by atoms with Gasteiger partial charge in [-0.1, -0.05) is 24.0 Å². The van der Waals surface area contributed by atoms with Gasteiger partial charge in [-0.05, 0) is 40.8 Å². The van der Waals surface area contributed by atoms with Crippen LogP contribution in [0.2, 0.25) is 0 Å². The van der Waals surface area contributed by atoms with Gasteiger partial charge in [0.2, 0.25) is 5.91 Å². The van der Waals surface area contributed by atoms with E-state index in [0.29, 0.717) is 22.7 Å². The number of aromatic nitrogens is 4. The third-order valence-electron chi connectivity index (χ3n) is 3.65. The van der Waals surface area contributed by atoms with Gasteiger partial charge in [0.1, 0.15) is 18.7 Å². The maximum absolute atomic E-state index is 12.2.